The van der Waals surface area contributed by atoms with Gasteiger partial charge in [0.1, 0.15) is 11.6 Å². The second-order valence-electron chi connectivity index (χ2n) is 6.67. The van der Waals surface area contributed by atoms with Crippen LogP contribution in [-0.4, -0.2) is 43.0 Å². The van der Waals surface area contributed by atoms with E-state index in [1.165, 1.54) is 20.4 Å². The highest BCUT2D eigenvalue weighted by atomic mass is 35.5. The lowest BCUT2D eigenvalue weighted by Crippen LogP contribution is -1.99. The van der Waals surface area contributed by atoms with E-state index in [0.29, 0.717) is 56.3 Å². The van der Waals surface area contributed by atoms with Gasteiger partial charge in [-0.2, -0.15) is 14.9 Å². The first-order valence-corrected chi connectivity index (χ1v) is 9.83. The van der Waals surface area contributed by atoms with Crippen LogP contribution < -0.4 is 24.3 Å². The lowest BCUT2D eigenvalue weighted by Gasteiger charge is -2.14. The molecule has 0 atom stereocenters. The molecule has 2 N–H and O–H groups in total. The molecule has 0 saturated heterocycles. The number of halogens is 1. The molecule has 0 radical (unpaired) electrons. The minimum absolute atomic E-state index is 0.381. The van der Waals surface area contributed by atoms with E-state index in [-0.39, 0.29) is 0 Å². The van der Waals surface area contributed by atoms with Gasteiger partial charge in [0.2, 0.25) is 0 Å². The van der Waals surface area contributed by atoms with Crippen molar-refractivity contribution in [1.29, 1.82) is 5.26 Å². The Morgan fingerprint density at radius 2 is 1.75 bits per heavy atom. The molecule has 2 aromatic carbocycles. The number of benzene rings is 2. The molecule has 164 valence electrons. The van der Waals surface area contributed by atoms with Crippen LogP contribution in [0.3, 0.4) is 0 Å². The topological polar surface area (TPSA) is 106 Å². The summed E-state index contributed by atoms with van der Waals surface area (Å²) in [7, 11) is 6.21. The number of rotatable bonds is 7. The van der Waals surface area contributed by atoms with Gasteiger partial charge in [-0.05, 0) is 24.3 Å². The molecule has 0 unspecified atom stereocenters. The minimum atomic E-state index is 0.381. The molecule has 0 aliphatic rings. The third-order valence-electron chi connectivity index (χ3n) is 4.95. The quantitative estimate of drug-likeness (QED) is 0.420. The summed E-state index contributed by atoms with van der Waals surface area (Å²) in [5.74, 6) is 2.67. The van der Waals surface area contributed by atoms with Crippen molar-refractivity contribution in [1.82, 2.24) is 14.6 Å². The molecule has 32 heavy (non-hydrogen) atoms. The van der Waals surface area contributed by atoms with Crippen LogP contribution in [-0.2, 0) is 0 Å². The van der Waals surface area contributed by atoms with E-state index in [1.54, 1.807) is 43.0 Å². The predicted octanol–water partition coefficient (Wildman–Crippen LogP) is 4.63. The summed E-state index contributed by atoms with van der Waals surface area (Å²) in [4.78, 5) is 3.27. The monoisotopic (exact) mass is 453 g/mol. The van der Waals surface area contributed by atoms with Crippen molar-refractivity contribution >= 4 is 28.8 Å². The average molecular weight is 454 g/mol. The molecule has 0 spiro atoms. The number of nitrogens with one attached hydrogen (secondary N) is 2. The van der Waals surface area contributed by atoms with Crippen LogP contribution in [0.2, 0.25) is 5.02 Å². The zero-order chi connectivity index (χ0) is 22.8. The molecule has 0 bridgehead atoms. The number of nitriles is 1. The maximum Gasteiger partial charge on any atom is 0.179 e. The van der Waals surface area contributed by atoms with Crippen molar-refractivity contribution in [2.45, 2.75) is 0 Å². The Hall–Kier alpha value is -4.03. The fourth-order valence-electron chi connectivity index (χ4n) is 3.44. The van der Waals surface area contributed by atoms with Gasteiger partial charge in [0, 0.05) is 17.3 Å². The highest BCUT2D eigenvalue weighted by molar-refractivity contribution is 6.32. The molecule has 2 aromatic heterocycles. The smallest absolute Gasteiger partial charge is 0.179 e. The summed E-state index contributed by atoms with van der Waals surface area (Å²) in [6, 6.07) is 11.1. The van der Waals surface area contributed by atoms with Gasteiger partial charge in [-0.15, -0.1) is 0 Å². The van der Waals surface area contributed by atoms with Crippen LogP contribution in [0.25, 0.3) is 16.9 Å². The molecule has 0 aliphatic carbocycles. The Morgan fingerprint density at radius 3 is 2.41 bits per heavy atom. The van der Waals surface area contributed by atoms with Crippen LogP contribution in [0, 0.1) is 11.3 Å². The van der Waals surface area contributed by atoms with Crippen LogP contribution in [0.4, 0.5) is 11.5 Å². The number of ether oxygens (including phenoxy) is 4. The molecule has 4 aromatic rings. The number of aromatic amines is 1. The zero-order valence-corrected chi connectivity index (χ0v) is 18.6. The minimum Gasteiger partial charge on any atom is -0.493 e. The molecule has 9 nitrogen and oxygen atoms in total. The van der Waals surface area contributed by atoms with Crippen LogP contribution >= 0.6 is 11.6 Å². The van der Waals surface area contributed by atoms with Crippen molar-refractivity contribution in [2.75, 3.05) is 33.8 Å². The summed E-state index contributed by atoms with van der Waals surface area (Å²) in [5, 5.41) is 17.6. The van der Waals surface area contributed by atoms with E-state index in [2.05, 4.69) is 21.5 Å². The van der Waals surface area contributed by atoms with Crippen molar-refractivity contribution in [3.8, 4) is 40.3 Å². The SMILES string of the molecule is COc1ccc(Nc2c(-c3cc(Cl)c(OC)c(OC)c3)[nH]c3c(C#N)cnn23)cc1OC. The molecule has 0 fully saturated rings. The second kappa shape index (κ2) is 8.61. The predicted molar refractivity (Wildman–Crippen MR) is 121 cm³/mol. The maximum absolute atomic E-state index is 9.47. The van der Waals surface area contributed by atoms with Gasteiger partial charge in [0.15, 0.2) is 34.5 Å². The summed E-state index contributed by atoms with van der Waals surface area (Å²) in [6.07, 6.45) is 1.50. The molecule has 4 rings (SSSR count). The number of aromatic nitrogens is 3. The average Bonchev–Trinajstić information content (AvgIpc) is 3.38. The fourth-order valence-corrected chi connectivity index (χ4v) is 3.73. The lowest BCUT2D eigenvalue weighted by molar-refractivity contribution is 0.355. The number of hydrogen-bond acceptors (Lipinski definition) is 7. The first-order chi connectivity index (χ1) is 15.5. The number of nitrogens with zero attached hydrogens (tertiary/aromatic N) is 3. The summed E-state index contributed by atoms with van der Waals surface area (Å²) in [5.41, 5.74) is 3.03. The normalized spacial score (nSPS) is 10.6. The van der Waals surface area contributed by atoms with E-state index < -0.39 is 0 Å². The van der Waals surface area contributed by atoms with E-state index >= 15 is 0 Å². The Morgan fingerprint density at radius 1 is 1.00 bits per heavy atom. The van der Waals surface area contributed by atoms with Crippen molar-refractivity contribution in [2.24, 2.45) is 0 Å². The van der Waals surface area contributed by atoms with Crippen LogP contribution in [0.15, 0.2) is 36.5 Å². The van der Waals surface area contributed by atoms with Gasteiger partial charge < -0.3 is 29.2 Å². The van der Waals surface area contributed by atoms with Crippen LogP contribution in [0.5, 0.6) is 23.0 Å². The van der Waals surface area contributed by atoms with Gasteiger partial charge in [0.25, 0.3) is 0 Å². The number of hydrogen-bond donors (Lipinski definition) is 2. The van der Waals surface area contributed by atoms with E-state index in [9.17, 15) is 5.26 Å². The molecule has 0 saturated carbocycles. The Bertz CT molecular complexity index is 1340. The Kier molecular flexibility index (Phi) is 5.71. The molecule has 0 aliphatic heterocycles. The van der Waals surface area contributed by atoms with E-state index in [1.807, 2.05) is 6.07 Å². The van der Waals surface area contributed by atoms with Gasteiger partial charge in [-0.1, -0.05) is 11.6 Å². The molecule has 0 amide bonds. The number of H-pyrrole nitrogens is 1. The van der Waals surface area contributed by atoms with Crippen molar-refractivity contribution in [3.63, 3.8) is 0 Å². The first kappa shape index (κ1) is 21.2. The second-order valence-corrected chi connectivity index (χ2v) is 7.07. The molecular formula is C22H20ClN5O4. The van der Waals surface area contributed by atoms with Crippen molar-refractivity contribution < 1.29 is 18.9 Å². The van der Waals surface area contributed by atoms with Gasteiger partial charge >= 0.3 is 0 Å². The third kappa shape index (κ3) is 3.50. The van der Waals surface area contributed by atoms with Gasteiger partial charge in [-0.3, -0.25) is 0 Å². The molecule has 2 heterocycles. The van der Waals surface area contributed by atoms with E-state index in [4.69, 9.17) is 30.5 Å². The lowest BCUT2D eigenvalue weighted by atomic mass is 10.1. The highest BCUT2D eigenvalue weighted by Crippen LogP contribution is 2.42. The first-order valence-electron chi connectivity index (χ1n) is 9.45. The summed E-state index contributed by atoms with van der Waals surface area (Å²) < 4.78 is 23.1. The third-order valence-corrected chi connectivity index (χ3v) is 5.23. The highest BCUT2D eigenvalue weighted by Gasteiger charge is 2.21. The van der Waals surface area contributed by atoms with Gasteiger partial charge in [0.05, 0.1) is 45.4 Å². The molecule has 10 heteroatoms. The summed E-state index contributed by atoms with van der Waals surface area (Å²) in [6.45, 7) is 0. The Labute approximate surface area is 189 Å². The number of fused-ring (bicyclic) bond motifs is 1. The van der Waals surface area contributed by atoms with Gasteiger partial charge in [-0.25, -0.2) is 0 Å². The fraction of sp³-hybridized carbons (Fsp3) is 0.182. The van der Waals surface area contributed by atoms with E-state index in [0.717, 1.165) is 5.69 Å². The number of anilines is 2. The largest absolute Gasteiger partial charge is 0.493 e. The number of imidazole rings is 1. The standard InChI is InChI=1S/C22H20ClN5O4/c1-29-16-6-5-14(9-17(16)30-2)26-22-19(27-21-13(10-24)11-25-28(21)22)12-7-15(23)20(32-4)18(8-12)31-3/h5-9,11,26-27H,1-4H3. The number of methoxy groups -OCH3 is 4. The Balaban J connectivity index is 1.90. The summed E-state index contributed by atoms with van der Waals surface area (Å²) >= 11 is 6.44. The maximum atomic E-state index is 9.47. The van der Waals surface area contributed by atoms with Crippen molar-refractivity contribution in [3.05, 3.63) is 47.1 Å². The zero-order valence-electron chi connectivity index (χ0n) is 17.8. The van der Waals surface area contributed by atoms with Crippen LogP contribution in [0.1, 0.15) is 5.56 Å². The molecular weight excluding hydrogens is 434 g/mol.